The lowest BCUT2D eigenvalue weighted by molar-refractivity contribution is -0.127. The number of fused-ring (bicyclic) bond motifs is 1. The zero-order valence-electron chi connectivity index (χ0n) is 15.9. The van der Waals surface area contributed by atoms with E-state index in [1.807, 2.05) is 18.2 Å². The molecule has 2 aliphatic heterocycles. The van der Waals surface area contributed by atoms with E-state index in [-0.39, 0.29) is 42.5 Å². The van der Waals surface area contributed by atoms with Crippen molar-refractivity contribution in [3.8, 4) is 5.75 Å². The molecule has 1 fully saturated rings. The molecule has 0 aromatic heterocycles. The monoisotopic (exact) mass is 488 g/mol. The Morgan fingerprint density at radius 1 is 1.26 bits per heavy atom. The number of halogens is 1. The van der Waals surface area contributed by atoms with Crippen LogP contribution in [-0.4, -0.2) is 63.8 Å². The number of para-hydroxylation sites is 1. The zero-order chi connectivity index (χ0) is 18.4. The smallest absolute Gasteiger partial charge is 0.243 e. The number of nitrogens with one attached hydrogen (secondary N) is 2. The van der Waals surface area contributed by atoms with Gasteiger partial charge in [-0.3, -0.25) is 4.79 Å². The van der Waals surface area contributed by atoms with Gasteiger partial charge in [0.1, 0.15) is 12.3 Å². The normalized spacial score (nSPS) is 21.5. The molecule has 2 unspecified atom stereocenters. The zero-order valence-corrected chi connectivity index (χ0v) is 18.3. The van der Waals surface area contributed by atoms with Crippen LogP contribution < -0.4 is 15.4 Å². The second-order valence-corrected chi connectivity index (χ2v) is 6.94. The minimum absolute atomic E-state index is 0. The van der Waals surface area contributed by atoms with Crippen LogP contribution >= 0.6 is 24.0 Å². The van der Waals surface area contributed by atoms with Gasteiger partial charge in [0.15, 0.2) is 5.96 Å². The van der Waals surface area contributed by atoms with Gasteiger partial charge in [-0.05, 0) is 12.5 Å². The molecule has 1 aromatic carbocycles. The molecule has 0 saturated carbocycles. The van der Waals surface area contributed by atoms with Gasteiger partial charge in [0.05, 0.1) is 19.3 Å². The van der Waals surface area contributed by atoms with Gasteiger partial charge in [0, 0.05) is 45.1 Å². The molecular weight excluding hydrogens is 459 g/mol. The van der Waals surface area contributed by atoms with Crippen LogP contribution in [0.3, 0.4) is 0 Å². The maximum absolute atomic E-state index is 11.9. The van der Waals surface area contributed by atoms with Crippen molar-refractivity contribution >= 4 is 35.8 Å². The Morgan fingerprint density at radius 2 is 2.07 bits per heavy atom. The van der Waals surface area contributed by atoms with Crippen LogP contribution in [-0.2, 0) is 9.53 Å². The number of nitrogens with zero attached hydrogens (tertiary/aromatic N) is 2. The summed E-state index contributed by atoms with van der Waals surface area (Å²) in [5.41, 5.74) is 1.12. The van der Waals surface area contributed by atoms with Gasteiger partial charge >= 0.3 is 0 Å². The first kappa shape index (κ1) is 21.7. The largest absolute Gasteiger partial charge is 0.493 e. The van der Waals surface area contributed by atoms with E-state index in [1.165, 1.54) is 0 Å². The van der Waals surface area contributed by atoms with E-state index < -0.39 is 0 Å². The molecule has 2 atom stereocenters. The number of amides is 1. The number of carbonyl (C=O) groups excluding carboxylic acids is 1. The van der Waals surface area contributed by atoms with Crippen LogP contribution in [0, 0.1) is 5.92 Å². The number of hydrogen-bond donors (Lipinski definition) is 2. The van der Waals surface area contributed by atoms with E-state index in [1.54, 1.807) is 19.0 Å². The third kappa shape index (κ3) is 6.24. The van der Waals surface area contributed by atoms with Crippen molar-refractivity contribution in [2.45, 2.75) is 18.9 Å². The summed E-state index contributed by atoms with van der Waals surface area (Å²) in [5.74, 6) is 2.02. The maximum atomic E-state index is 11.9. The van der Waals surface area contributed by atoms with Crippen LogP contribution in [0.25, 0.3) is 0 Å². The molecule has 0 radical (unpaired) electrons. The van der Waals surface area contributed by atoms with E-state index >= 15 is 0 Å². The molecule has 8 heteroatoms. The van der Waals surface area contributed by atoms with Crippen LogP contribution in [0.4, 0.5) is 0 Å². The minimum Gasteiger partial charge on any atom is -0.493 e. The number of hydrogen-bond acceptors (Lipinski definition) is 4. The second-order valence-electron chi connectivity index (χ2n) is 6.94. The minimum atomic E-state index is -0.0253. The summed E-state index contributed by atoms with van der Waals surface area (Å²) in [6.45, 7) is 3.16. The Hall–Kier alpha value is -1.55. The Labute approximate surface area is 177 Å². The lowest BCUT2D eigenvalue weighted by atomic mass is 10.0. The Bertz CT molecular complexity index is 648. The highest BCUT2D eigenvalue weighted by Crippen LogP contribution is 2.31. The first-order chi connectivity index (χ1) is 12.6. The Balaban J connectivity index is 0.00000261. The SMILES string of the molecule is CN(C)C(=O)CN=C(NCC1CCOC1)NC1CCOc2ccccc21.I. The predicted molar refractivity (Wildman–Crippen MR) is 116 cm³/mol. The third-order valence-electron chi connectivity index (χ3n) is 4.72. The lowest BCUT2D eigenvalue weighted by Crippen LogP contribution is -2.43. The van der Waals surface area contributed by atoms with Gasteiger partial charge in [-0.2, -0.15) is 0 Å². The summed E-state index contributed by atoms with van der Waals surface area (Å²) < 4.78 is 11.2. The fourth-order valence-electron chi connectivity index (χ4n) is 3.08. The first-order valence-corrected chi connectivity index (χ1v) is 9.18. The van der Waals surface area contributed by atoms with Crippen molar-refractivity contribution in [1.29, 1.82) is 0 Å². The molecule has 2 aliphatic rings. The second kappa shape index (κ2) is 10.7. The van der Waals surface area contributed by atoms with Gasteiger partial charge in [-0.1, -0.05) is 18.2 Å². The average Bonchev–Trinajstić information content (AvgIpc) is 3.17. The molecule has 150 valence electrons. The average molecular weight is 488 g/mol. The molecule has 27 heavy (non-hydrogen) atoms. The molecule has 3 rings (SSSR count). The maximum Gasteiger partial charge on any atom is 0.243 e. The summed E-state index contributed by atoms with van der Waals surface area (Å²) in [6, 6.07) is 8.15. The number of ether oxygens (including phenoxy) is 2. The molecule has 2 N–H and O–H groups in total. The van der Waals surface area contributed by atoms with Gasteiger partial charge in [0.25, 0.3) is 0 Å². The third-order valence-corrected chi connectivity index (χ3v) is 4.72. The molecule has 1 aromatic rings. The molecule has 0 spiro atoms. The number of guanidine groups is 1. The fourth-order valence-corrected chi connectivity index (χ4v) is 3.08. The number of benzene rings is 1. The summed E-state index contributed by atoms with van der Waals surface area (Å²) in [4.78, 5) is 18.0. The van der Waals surface area contributed by atoms with E-state index in [0.29, 0.717) is 18.5 Å². The van der Waals surface area contributed by atoms with E-state index in [9.17, 15) is 4.79 Å². The van der Waals surface area contributed by atoms with E-state index in [4.69, 9.17) is 9.47 Å². The quantitative estimate of drug-likeness (QED) is 0.376. The summed E-state index contributed by atoms with van der Waals surface area (Å²) in [7, 11) is 3.48. The summed E-state index contributed by atoms with van der Waals surface area (Å²) >= 11 is 0. The van der Waals surface area contributed by atoms with Crippen molar-refractivity contribution in [3.05, 3.63) is 29.8 Å². The molecule has 0 bridgehead atoms. The highest BCUT2D eigenvalue weighted by Gasteiger charge is 2.23. The van der Waals surface area contributed by atoms with Crippen LogP contribution in [0.5, 0.6) is 5.75 Å². The molecule has 2 heterocycles. The number of aliphatic imine (C=N–C) groups is 1. The Morgan fingerprint density at radius 3 is 2.81 bits per heavy atom. The standard InChI is InChI=1S/C19H28N4O3.HI/c1-23(2)18(24)12-21-19(20-11-14-7-9-25-13-14)22-16-8-10-26-17-6-4-3-5-15(16)17;/h3-6,14,16H,7-13H2,1-2H3,(H2,20,21,22);1H. The number of rotatable bonds is 5. The molecule has 1 saturated heterocycles. The highest BCUT2D eigenvalue weighted by atomic mass is 127. The number of carbonyl (C=O) groups is 1. The van der Waals surface area contributed by atoms with Crippen LogP contribution in [0.15, 0.2) is 29.3 Å². The molecule has 0 aliphatic carbocycles. The van der Waals surface area contributed by atoms with Crippen LogP contribution in [0.2, 0.25) is 0 Å². The van der Waals surface area contributed by atoms with Crippen molar-refractivity contribution < 1.29 is 14.3 Å². The van der Waals surface area contributed by atoms with Gasteiger partial charge in [0.2, 0.25) is 5.91 Å². The van der Waals surface area contributed by atoms with E-state index in [0.717, 1.165) is 43.9 Å². The topological polar surface area (TPSA) is 75.2 Å². The van der Waals surface area contributed by atoms with Crippen molar-refractivity contribution in [3.63, 3.8) is 0 Å². The first-order valence-electron chi connectivity index (χ1n) is 9.18. The van der Waals surface area contributed by atoms with Crippen molar-refractivity contribution in [2.24, 2.45) is 10.9 Å². The van der Waals surface area contributed by atoms with Gasteiger partial charge in [-0.15, -0.1) is 24.0 Å². The lowest BCUT2D eigenvalue weighted by Gasteiger charge is -2.28. The molecular formula is C19H29IN4O3. The number of likely N-dealkylation sites (N-methyl/N-ethyl adjacent to an activating group) is 1. The molecule has 7 nitrogen and oxygen atoms in total. The summed E-state index contributed by atoms with van der Waals surface area (Å²) in [5, 5.41) is 6.86. The van der Waals surface area contributed by atoms with Gasteiger partial charge < -0.3 is 25.0 Å². The van der Waals surface area contributed by atoms with Crippen LogP contribution in [0.1, 0.15) is 24.4 Å². The Kier molecular flexibility index (Phi) is 8.62. The van der Waals surface area contributed by atoms with E-state index in [2.05, 4.69) is 21.7 Å². The van der Waals surface area contributed by atoms with Crippen molar-refractivity contribution in [2.75, 3.05) is 47.0 Å². The fraction of sp³-hybridized carbons (Fsp3) is 0.579. The van der Waals surface area contributed by atoms with Gasteiger partial charge in [-0.25, -0.2) is 4.99 Å². The summed E-state index contributed by atoms with van der Waals surface area (Å²) in [6.07, 6.45) is 1.91. The van der Waals surface area contributed by atoms with Crippen molar-refractivity contribution in [1.82, 2.24) is 15.5 Å². The predicted octanol–water partition coefficient (Wildman–Crippen LogP) is 1.79. The highest BCUT2D eigenvalue weighted by molar-refractivity contribution is 14.0. The molecule has 1 amide bonds.